The Morgan fingerprint density at radius 2 is 2.00 bits per heavy atom. The summed E-state index contributed by atoms with van der Waals surface area (Å²) in [7, 11) is 0. The van der Waals surface area contributed by atoms with Gasteiger partial charge in [-0.1, -0.05) is 19.1 Å². The van der Waals surface area contributed by atoms with Crippen LogP contribution in [-0.4, -0.2) is 24.5 Å². The van der Waals surface area contributed by atoms with E-state index in [-0.39, 0.29) is 11.9 Å². The zero-order valence-corrected chi connectivity index (χ0v) is 12.1. The third-order valence-corrected chi connectivity index (χ3v) is 3.63. The van der Waals surface area contributed by atoms with Gasteiger partial charge in [-0.25, -0.2) is 4.79 Å². The zero-order valence-electron chi connectivity index (χ0n) is 12.1. The van der Waals surface area contributed by atoms with Crippen LogP contribution in [0.1, 0.15) is 38.7 Å². The van der Waals surface area contributed by atoms with Crippen molar-refractivity contribution < 1.29 is 14.3 Å². The summed E-state index contributed by atoms with van der Waals surface area (Å²) in [5, 5.41) is 0. The third kappa shape index (κ3) is 3.00. The molecule has 4 heteroatoms. The molecular weight excluding hydrogens is 254 g/mol. The number of anilines is 1. The largest absolute Gasteiger partial charge is 0.464 e. The lowest BCUT2D eigenvalue weighted by Gasteiger charge is -2.34. The van der Waals surface area contributed by atoms with E-state index in [4.69, 9.17) is 4.74 Å². The van der Waals surface area contributed by atoms with E-state index in [1.54, 1.807) is 11.8 Å². The van der Waals surface area contributed by atoms with E-state index in [0.29, 0.717) is 19.4 Å². The molecule has 1 fully saturated rings. The van der Waals surface area contributed by atoms with Gasteiger partial charge in [0.05, 0.1) is 6.61 Å². The molecule has 1 aliphatic rings. The van der Waals surface area contributed by atoms with Gasteiger partial charge in [0.25, 0.3) is 0 Å². The number of rotatable bonds is 4. The van der Waals surface area contributed by atoms with Crippen LogP contribution in [0.5, 0.6) is 0 Å². The van der Waals surface area contributed by atoms with Crippen LogP contribution < -0.4 is 4.90 Å². The van der Waals surface area contributed by atoms with Crippen LogP contribution in [0.3, 0.4) is 0 Å². The summed E-state index contributed by atoms with van der Waals surface area (Å²) < 4.78 is 5.09. The van der Waals surface area contributed by atoms with Crippen molar-refractivity contribution in [2.75, 3.05) is 11.5 Å². The minimum Gasteiger partial charge on any atom is -0.464 e. The number of ether oxygens (including phenoxy) is 1. The maximum Gasteiger partial charge on any atom is 0.329 e. The van der Waals surface area contributed by atoms with E-state index in [1.807, 2.05) is 24.3 Å². The lowest BCUT2D eigenvalue weighted by Crippen LogP contribution is -2.49. The summed E-state index contributed by atoms with van der Waals surface area (Å²) in [4.78, 5) is 25.8. The Morgan fingerprint density at radius 3 is 2.60 bits per heavy atom. The van der Waals surface area contributed by atoms with Crippen LogP contribution >= 0.6 is 0 Å². The summed E-state index contributed by atoms with van der Waals surface area (Å²) in [6, 6.07) is 7.34. The number of hydrogen-bond acceptors (Lipinski definition) is 3. The lowest BCUT2D eigenvalue weighted by atomic mass is 10.00. The number of carbonyl (C=O) groups is 2. The third-order valence-electron chi connectivity index (χ3n) is 3.63. The molecular formula is C16H21NO3. The van der Waals surface area contributed by atoms with Gasteiger partial charge in [0.15, 0.2) is 0 Å². The first kappa shape index (κ1) is 14.6. The van der Waals surface area contributed by atoms with Gasteiger partial charge in [-0.2, -0.15) is 0 Å². The molecule has 0 radical (unpaired) electrons. The molecule has 1 atom stereocenters. The smallest absolute Gasteiger partial charge is 0.329 e. The fraction of sp³-hybridized carbons (Fsp3) is 0.500. The van der Waals surface area contributed by atoms with Gasteiger partial charge in [0.1, 0.15) is 6.04 Å². The van der Waals surface area contributed by atoms with Gasteiger partial charge in [0.2, 0.25) is 5.91 Å². The summed E-state index contributed by atoms with van der Waals surface area (Å²) in [5.41, 5.74) is 2.00. The fourth-order valence-corrected chi connectivity index (χ4v) is 2.55. The topological polar surface area (TPSA) is 46.6 Å². The molecule has 1 heterocycles. The van der Waals surface area contributed by atoms with Gasteiger partial charge in [-0.05, 0) is 43.9 Å². The number of benzene rings is 1. The maximum atomic E-state index is 12.2. The van der Waals surface area contributed by atoms with Gasteiger partial charge in [-0.15, -0.1) is 0 Å². The Kier molecular flexibility index (Phi) is 4.77. The summed E-state index contributed by atoms with van der Waals surface area (Å²) in [6.45, 7) is 4.21. The molecule has 4 nitrogen and oxygen atoms in total. The first-order chi connectivity index (χ1) is 9.67. The molecule has 0 spiro atoms. The molecule has 1 aliphatic heterocycles. The molecule has 20 heavy (non-hydrogen) atoms. The van der Waals surface area contributed by atoms with Crippen molar-refractivity contribution in [3.63, 3.8) is 0 Å². The average Bonchev–Trinajstić information content (AvgIpc) is 2.47. The Hall–Kier alpha value is -1.84. The van der Waals surface area contributed by atoms with Crippen LogP contribution in [0.25, 0.3) is 0 Å². The van der Waals surface area contributed by atoms with Gasteiger partial charge >= 0.3 is 5.97 Å². The predicted molar refractivity (Wildman–Crippen MR) is 77.6 cm³/mol. The van der Waals surface area contributed by atoms with E-state index in [0.717, 1.165) is 18.5 Å². The SMILES string of the molecule is CCOC(=O)C1CCCC(=O)N1c1ccc(CC)cc1. The number of nitrogens with zero attached hydrogens (tertiary/aromatic N) is 1. The molecule has 1 aromatic carbocycles. The average molecular weight is 275 g/mol. The van der Waals surface area contributed by atoms with Crippen molar-refractivity contribution in [1.29, 1.82) is 0 Å². The summed E-state index contributed by atoms with van der Waals surface area (Å²) >= 11 is 0. The molecule has 1 amide bonds. The van der Waals surface area contributed by atoms with Crippen molar-refractivity contribution in [1.82, 2.24) is 0 Å². The predicted octanol–water partition coefficient (Wildman–Crippen LogP) is 2.70. The number of esters is 1. The molecule has 1 unspecified atom stereocenters. The van der Waals surface area contributed by atoms with E-state index in [2.05, 4.69) is 6.92 Å². The Labute approximate surface area is 119 Å². The van der Waals surface area contributed by atoms with Gasteiger partial charge in [-0.3, -0.25) is 9.69 Å². The van der Waals surface area contributed by atoms with E-state index in [1.165, 1.54) is 5.56 Å². The minimum atomic E-state index is -0.483. The number of hydrogen-bond donors (Lipinski definition) is 0. The molecule has 1 saturated heterocycles. The van der Waals surface area contributed by atoms with Crippen LogP contribution in [0.2, 0.25) is 0 Å². The van der Waals surface area contributed by atoms with Crippen LogP contribution in [0.15, 0.2) is 24.3 Å². The van der Waals surface area contributed by atoms with Gasteiger partial charge in [0, 0.05) is 12.1 Å². The molecule has 2 rings (SSSR count). The van der Waals surface area contributed by atoms with Crippen LogP contribution in [0, 0.1) is 0 Å². The highest BCUT2D eigenvalue weighted by Crippen LogP contribution is 2.27. The molecule has 108 valence electrons. The molecule has 0 aromatic heterocycles. The highest BCUT2D eigenvalue weighted by Gasteiger charge is 2.35. The van der Waals surface area contributed by atoms with Crippen molar-refractivity contribution in [3.05, 3.63) is 29.8 Å². The molecule has 0 aliphatic carbocycles. The molecule has 0 saturated carbocycles. The standard InChI is InChI=1S/C16H21NO3/c1-3-12-8-10-13(11-9-12)17-14(16(19)20-4-2)6-5-7-15(17)18/h8-11,14H,3-7H2,1-2H3. The quantitative estimate of drug-likeness (QED) is 0.794. The lowest BCUT2D eigenvalue weighted by molar-refractivity contribution is -0.146. The van der Waals surface area contributed by atoms with Gasteiger partial charge < -0.3 is 4.74 Å². The number of amides is 1. The fourth-order valence-electron chi connectivity index (χ4n) is 2.55. The summed E-state index contributed by atoms with van der Waals surface area (Å²) in [6.07, 6.45) is 2.85. The highest BCUT2D eigenvalue weighted by atomic mass is 16.5. The van der Waals surface area contributed by atoms with Crippen molar-refractivity contribution in [2.45, 2.75) is 45.6 Å². The number of piperidine rings is 1. The highest BCUT2D eigenvalue weighted by molar-refractivity contribution is 6.00. The van der Waals surface area contributed by atoms with E-state index < -0.39 is 6.04 Å². The molecule has 0 bridgehead atoms. The van der Waals surface area contributed by atoms with Crippen molar-refractivity contribution in [2.24, 2.45) is 0 Å². The monoisotopic (exact) mass is 275 g/mol. The Balaban J connectivity index is 2.26. The first-order valence-corrected chi connectivity index (χ1v) is 7.25. The second-order valence-electron chi connectivity index (χ2n) is 4.94. The van der Waals surface area contributed by atoms with Crippen LogP contribution in [-0.2, 0) is 20.7 Å². The first-order valence-electron chi connectivity index (χ1n) is 7.25. The van der Waals surface area contributed by atoms with Crippen molar-refractivity contribution in [3.8, 4) is 0 Å². The zero-order chi connectivity index (χ0) is 14.5. The van der Waals surface area contributed by atoms with E-state index >= 15 is 0 Å². The maximum absolute atomic E-state index is 12.2. The Morgan fingerprint density at radius 1 is 1.30 bits per heavy atom. The second kappa shape index (κ2) is 6.55. The molecule has 0 N–H and O–H groups in total. The Bertz CT molecular complexity index is 481. The molecule has 1 aromatic rings. The summed E-state index contributed by atoms with van der Waals surface area (Å²) in [5.74, 6) is -0.307. The number of aryl methyl sites for hydroxylation is 1. The minimum absolute atomic E-state index is 0.00134. The van der Waals surface area contributed by atoms with Crippen LogP contribution in [0.4, 0.5) is 5.69 Å². The normalized spacial score (nSPS) is 19.0. The van der Waals surface area contributed by atoms with E-state index in [9.17, 15) is 9.59 Å². The number of carbonyl (C=O) groups excluding carboxylic acids is 2. The van der Waals surface area contributed by atoms with Crippen molar-refractivity contribution >= 4 is 17.6 Å². The second-order valence-corrected chi connectivity index (χ2v) is 4.94.